The number of halogens is 12. The van der Waals surface area contributed by atoms with Gasteiger partial charge in [0.05, 0.1) is 33.0 Å². The lowest BCUT2D eigenvalue weighted by Gasteiger charge is -2.19. The molecule has 0 aliphatic carbocycles. The van der Waals surface area contributed by atoms with E-state index in [1.165, 1.54) is 0 Å². The van der Waals surface area contributed by atoms with E-state index in [-0.39, 0.29) is 20.6 Å². The summed E-state index contributed by atoms with van der Waals surface area (Å²) in [4.78, 5) is 24.5. The van der Waals surface area contributed by atoms with Gasteiger partial charge in [0.2, 0.25) is 5.91 Å². The number of nitrogens with one attached hydrogen (secondary N) is 1. The molecule has 1 N–H and O–H groups in total. The molecule has 2 rings (SSSR count). The van der Waals surface area contributed by atoms with Crippen LogP contribution in [-0.2, 0) is 11.0 Å². The van der Waals surface area contributed by atoms with E-state index in [0.29, 0.717) is 12.1 Å². The van der Waals surface area contributed by atoms with Crippen LogP contribution in [0.1, 0.15) is 52.7 Å². The third-order valence-corrected chi connectivity index (χ3v) is 6.69. The molecule has 0 bridgehead atoms. The van der Waals surface area contributed by atoms with Gasteiger partial charge in [-0.15, -0.1) is 0 Å². The fourth-order valence-corrected chi connectivity index (χ4v) is 4.11. The minimum Gasteiger partial charge on any atom is -0.356 e. The van der Waals surface area contributed by atoms with Crippen molar-refractivity contribution in [3.63, 3.8) is 0 Å². The Balaban J connectivity index is 2.33. The second-order valence-electron chi connectivity index (χ2n) is 8.66. The van der Waals surface area contributed by atoms with Gasteiger partial charge in [-0.2, -0.15) is 39.5 Å². The fraction of sp³-hybridized carbons (Fsp3) is 0.360. The summed E-state index contributed by atoms with van der Waals surface area (Å²) in [5.41, 5.74) is -3.08. The molecule has 0 spiro atoms. The minimum atomic E-state index is -5.10. The molecule has 0 heterocycles. The maximum atomic E-state index is 13.8. The molecular weight excluding hydrogens is 624 g/mol. The van der Waals surface area contributed by atoms with Crippen LogP contribution < -0.4 is 5.32 Å². The summed E-state index contributed by atoms with van der Waals surface area (Å²) in [6.07, 6.45) is -15.3. The number of hydrogen-bond donors (Lipinski definition) is 1. The zero-order chi connectivity index (χ0) is 30.6. The summed E-state index contributed by atoms with van der Waals surface area (Å²) >= 11 is 17.4. The first-order valence-corrected chi connectivity index (χ1v) is 12.3. The van der Waals surface area contributed by atoms with E-state index in [0.717, 1.165) is 37.3 Å². The average Bonchev–Trinajstić information content (AvgIpc) is 2.80. The predicted octanol–water partition coefficient (Wildman–Crippen LogP) is 9.30. The smallest absolute Gasteiger partial charge is 0.356 e. The number of carbonyl (C=O) groups excluding carboxylic acids is 2. The molecule has 0 aromatic heterocycles. The van der Waals surface area contributed by atoms with E-state index in [2.05, 4.69) is 0 Å². The number of amides is 1. The lowest BCUT2D eigenvalue weighted by atomic mass is 9.93. The standard InChI is InChI=1S/C25H19Cl3F9NO2/c1-12(22(40)38-7-6-23(29,30)31)8-20(39)15-4-2-13(9-17(15)25(35,36)37)3-5-16(24(32,33)34)14-10-18(26)21(28)19(27)11-14/h2-5,9-12,16H,6-8H2,1H3,(H,38,40)/b5-3+. The van der Waals surface area contributed by atoms with E-state index in [1.54, 1.807) is 0 Å². The van der Waals surface area contributed by atoms with Crippen molar-refractivity contribution in [1.29, 1.82) is 0 Å². The van der Waals surface area contributed by atoms with E-state index in [4.69, 9.17) is 34.8 Å². The second kappa shape index (κ2) is 13.0. The number of ketones is 1. The van der Waals surface area contributed by atoms with Crippen molar-refractivity contribution in [1.82, 2.24) is 5.32 Å². The highest BCUT2D eigenvalue weighted by Gasteiger charge is 2.40. The summed E-state index contributed by atoms with van der Waals surface area (Å²) in [6, 6.07) is 4.02. The molecule has 40 heavy (non-hydrogen) atoms. The number of allylic oxidation sites excluding steroid dienone is 1. The summed E-state index contributed by atoms with van der Waals surface area (Å²) in [7, 11) is 0. The molecule has 0 saturated heterocycles. The SMILES string of the molecule is CC(CC(=O)c1ccc(/C=C/C(c2cc(Cl)c(Cl)c(Cl)c2)C(F)(F)F)cc1C(F)(F)F)C(=O)NCCC(F)(F)F. The van der Waals surface area contributed by atoms with Crippen molar-refractivity contribution in [2.75, 3.05) is 6.54 Å². The van der Waals surface area contributed by atoms with Crippen LogP contribution in [0.3, 0.4) is 0 Å². The van der Waals surface area contributed by atoms with Gasteiger partial charge in [0.15, 0.2) is 5.78 Å². The minimum absolute atomic E-state index is 0.180. The summed E-state index contributed by atoms with van der Waals surface area (Å²) < 4.78 is 119. The zero-order valence-electron chi connectivity index (χ0n) is 20.2. The lowest BCUT2D eigenvalue weighted by molar-refractivity contribution is -0.140. The van der Waals surface area contributed by atoms with Crippen LogP contribution in [0.2, 0.25) is 15.1 Å². The number of Topliss-reactive ketones (excluding diaryl/α,β-unsaturated/α-hetero) is 1. The highest BCUT2D eigenvalue weighted by molar-refractivity contribution is 6.48. The van der Waals surface area contributed by atoms with Gasteiger partial charge in [0.25, 0.3) is 0 Å². The molecule has 2 unspecified atom stereocenters. The zero-order valence-corrected chi connectivity index (χ0v) is 22.4. The molecule has 0 aliphatic heterocycles. The second-order valence-corrected chi connectivity index (χ2v) is 9.86. The highest BCUT2D eigenvalue weighted by atomic mass is 35.5. The Labute approximate surface area is 237 Å². The molecule has 15 heteroatoms. The maximum Gasteiger partial charge on any atom is 0.417 e. The third kappa shape index (κ3) is 9.59. The first kappa shape index (κ1) is 33.8. The van der Waals surface area contributed by atoms with Gasteiger partial charge in [-0.1, -0.05) is 66.0 Å². The van der Waals surface area contributed by atoms with Gasteiger partial charge >= 0.3 is 18.5 Å². The van der Waals surface area contributed by atoms with Crippen LogP contribution in [0.15, 0.2) is 36.4 Å². The molecule has 2 atom stereocenters. The Morgan fingerprint density at radius 3 is 2.00 bits per heavy atom. The lowest BCUT2D eigenvalue weighted by Crippen LogP contribution is -2.33. The number of carbonyl (C=O) groups is 2. The van der Waals surface area contributed by atoms with Gasteiger partial charge < -0.3 is 5.32 Å². The predicted molar refractivity (Wildman–Crippen MR) is 133 cm³/mol. The van der Waals surface area contributed by atoms with Gasteiger partial charge in [0, 0.05) is 24.4 Å². The Morgan fingerprint density at radius 1 is 0.925 bits per heavy atom. The van der Waals surface area contributed by atoms with Crippen LogP contribution in [-0.4, -0.2) is 30.6 Å². The molecule has 0 saturated carbocycles. The van der Waals surface area contributed by atoms with E-state index < -0.39 is 78.1 Å². The fourth-order valence-electron chi connectivity index (χ4n) is 3.50. The Morgan fingerprint density at radius 2 is 1.50 bits per heavy atom. The van der Waals surface area contributed by atoms with Crippen LogP contribution in [0.4, 0.5) is 39.5 Å². The average molecular weight is 643 g/mol. The molecule has 0 fully saturated rings. The van der Waals surface area contributed by atoms with Gasteiger partial charge in [-0.05, 0) is 29.3 Å². The quantitative estimate of drug-likeness (QED) is 0.168. The summed E-state index contributed by atoms with van der Waals surface area (Å²) in [5, 5.41) is 1.24. The first-order valence-electron chi connectivity index (χ1n) is 11.2. The van der Waals surface area contributed by atoms with Crippen LogP contribution >= 0.6 is 34.8 Å². The van der Waals surface area contributed by atoms with Gasteiger partial charge in [-0.3, -0.25) is 9.59 Å². The molecule has 3 nitrogen and oxygen atoms in total. The number of benzene rings is 2. The van der Waals surface area contributed by atoms with Crippen molar-refractivity contribution in [2.45, 2.75) is 44.2 Å². The summed E-state index contributed by atoms with van der Waals surface area (Å²) in [5.74, 6) is -5.69. The van der Waals surface area contributed by atoms with Crippen LogP contribution in [0.25, 0.3) is 6.08 Å². The number of hydrogen-bond acceptors (Lipinski definition) is 2. The molecular formula is C25H19Cl3F9NO2. The van der Waals surface area contributed by atoms with Crippen molar-refractivity contribution >= 4 is 52.6 Å². The van der Waals surface area contributed by atoms with Crippen molar-refractivity contribution in [3.8, 4) is 0 Å². The van der Waals surface area contributed by atoms with Crippen molar-refractivity contribution in [2.24, 2.45) is 5.92 Å². The Kier molecular flexibility index (Phi) is 11.0. The molecule has 0 aliphatic rings. The normalized spacial score (nSPS) is 14.3. The molecule has 2 aromatic rings. The monoisotopic (exact) mass is 641 g/mol. The van der Waals surface area contributed by atoms with Crippen LogP contribution in [0.5, 0.6) is 0 Å². The van der Waals surface area contributed by atoms with E-state index in [9.17, 15) is 49.1 Å². The Bertz CT molecular complexity index is 1250. The topological polar surface area (TPSA) is 46.2 Å². The largest absolute Gasteiger partial charge is 0.417 e. The molecule has 1 amide bonds. The van der Waals surface area contributed by atoms with Gasteiger partial charge in [-0.25, -0.2) is 0 Å². The van der Waals surface area contributed by atoms with Crippen molar-refractivity contribution in [3.05, 3.63) is 73.7 Å². The number of alkyl halides is 9. The van der Waals surface area contributed by atoms with Crippen LogP contribution in [0, 0.1) is 5.92 Å². The van der Waals surface area contributed by atoms with Crippen molar-refractivity contribution < 1.29 is 49.1 Å². The highest BCUT2D eigenvalue weighted by Crippen LogP contribution is 2.41. The van der Waals surface area contributed by atoms with E-state index in [1.807, 2.05) is 5.32 Å². The Hall–Kier alpha value is -2.44. The summed E-state index contributed by atoms with van der Waals surface area (Å²) in [6.45, 7) is 0.376. The number of rotatable bonds is 9. The third-order valence-electron chi connectivity index (χ3n) is 5.50. The van der Waals surface area contributed by atoms with Gasteiger partial charge in [0.1, 0.15) is 0 Å². The molecule has 220 valence electrons. The maximum absolute atomic E-state index is 13.8. The van der Waals surface area contributed by atoms with E-state index >= 15 is 0 Å². The molecule has 2 aromatic carbocycles. The first-order chi connectivity index (χ1) is 18.2. The molecule has 0 radical (unpaired) electrons.